The summed E-state index contributed by atoms with van der Waals surface area (Å²) in [5.74, 6) is 0. The molecule has 26 heavy (non-hydrogen) atoms. The molecule has 0 heterocycles. The van der Waals surface area contributed by atoms with Gasteiger partial charge in [0.15, 0.2) is 0 Å². The van der Waals surface area contributed by atoms with Gasteiger partial charge in [-0.1, -0.05) is 45.6 Å². The Labute approximate surface area is 179 Å². The molecule has 0 saturated heterocycles. The summed E-state index contributed by atoms with van der Waals surface area (Å²) >= 11 is 0. The molecule has 6 nitrogen and oxygen atoms in total. The Bertz CT molecular complexity index is 595. The smallest absolute Gasteiger partial charge is 0.744 e. The van der Waals surface area contributed by atoms with Gasteiger partial charge in [0, 0.05) is 5.69 Å². The van der Waals surface area contributed by atoms with Crippen molar-refractivity contribution in [2.24, 2.45) is 0 Å². The van der Waals surface area contributed by atoms with Crippen LogP contribution in [0.5, 0.6) is 0 Å². The number of benzene rings is 1. The first-order chi connectivity index (χ1) is 11.9. The average Bonchev–Trinajstić information content (AvgIpc) is 2.60. The molecule has 0 saturated carbocycles. The van der Waals surface area contributed by atoms with Crippen LogP contribution in [0.25, 0.3) is 0 Å². The normalized spacial score (nSPS) is 13.7. The molecule has 8 heteroatoms. The van der Waals surface area contributed by atoms with E-state index in [-0.39, 0.29) is 59.8 Å². The Hall–Kier alpha value is -0.150. The topological polar surface area (TPSA) is 101 Å². The number of anilines is 1. The zero-order valence-corrected chi connectivity index (χ0v) is 18.9. The van der Waals surface area contributed by atoms with Crippen LogP contribution < -0.4 is 34.5 Å². The SMILES string of the molecule is CCCCC(CO)N(c1cccc(S(=O)(=O)[O-])c1)C(CO)CCCC.[Na+]. The summed E-state index contributed by atoms with van der Waals surface area (Å²) in [5.41, 5.74) is 0.544. The first-order valence-corrected chi connectivity index (χ1v) is 10.4. The summed E-state index contributed by atoms with van der Waals surface area (Å²) in [6.45, 7) is 3.92. The number of rotatable bonds is 12. The molecule has 0 radical (unpaired) electrons. The van der Waals surface area contributed by atoms with Gasteiger partial charge in [0.05, 0.1) is 30.2 Å². The van der Waals surface area contributed by atoms with Crippen molar-refractivity contribution in [2.45, 2.75) is 69.4 Å². The van der Waals surface area contributed by atoms with E-state index in [2.05, 4.69) is 13.8 Å². The number of unbranched alkanes of at least 4 members (excludes halogenated alkanes) is 2. The van der Waals surface area contributed by atoms with Crippen LogP contribution in [0.2, 0.25) is 0 Å². The first-order valence-electron chi connectivity index (χ1n) is 8.95. The summed E-state index contributed by atoms with van der Waals surface area (Å²) in [7, 11) is -4.56. The molecule has 2 N–H and O–H groups in total. The van der Waals surface area contributed by atoms with Crippen LogP contribution in [-0.2, 0) is 10.1 Å². The predicted octanol–water partition coefficient (Wildman–Crippen LogP) is -0.497. The molecule has 0 aromatic heterocycles. The molecule has 1 aromatic rings. The van der Waals surface area contributed by atoms with E-state index in [1.807, 2.05) is 4.90 Å². The Morgan fingerprint density at radius 2 is 1.54 bits per heavy atom. The first kappa shape index (κ1) is 25.9. The van der Waals surface area contributed by atoms with Crippen LogP contribution in [0.3, 0.4) is 0 Å². The molecule has 0 amide bonds. The van der Waals surface area contributed by atoms with Gasteiger partial charge in [0.1, 0.15) is 10.1 Å². The van der Waals surface area contributed by atoms with Crippen molar-refractivity contribution in [3.8, 4) is 0 Å². The summed E-state index contributed by atoms with van der Waals surface area (Å²) in [6, 6.07) is 5.38. The molecule has 0 aliphatic rings. The van der Waals surface area contributed by atoms with E-state index in [4.69, 9.17) is 0 Å². The van der Waals surface area contributed by atoms with Gasteiger partial charge in [-0.25, -0.2) is 8.42 Å². The van der Waals surface area contributed by atoms with Gasteiger partial charge in [-0.05, 0) is 31.0 Å². The van der Waals surface area contributed by atoms with Crippen LogP contribution in [0.1, 0.15) is 52.4 Å². The van der Waals surface area contributed by atoms with Gasteiger partial charge in [0.2, 0.25) is 0 Å². The quantitative estimate of drug-likeness (QED) is 0.366. The number of aliphatic hydroxyl groups excluding tert-OH is 2. The standard InChI is InChI=1S/C18H31NO5S.Na/c1-3-5-8-16(13-20)19(17(14-21)9-6-4-2)15-10-7-11-18(12-15)25(22,23)24;/h7,10-12,16-17,20-21H,3-6,8-9,13-14H2,1-2H3,(H,22,23,24);/q;+1/p-1. The summed E-state index contributed by atoms with van der Waals surface area (Å²) in [6.07, 6.45) is 5.21. The van der Waals surface area contributed by atoms with E-state index in [0.29, 0.717) is 5.69 Å². The minimum atomic E-state index is -4.56. The molecule has 2 unspecified atom stereocenters. The number of hydrogen-bond donors (Lipinski definition) is 2. The van der Waals surface area contributed by atoms with Crippen molar-refractivity contribution in [3.63, 3.8) is 0 Å². The fourth-order valence-corrected chi connectivity index (χ4v) is 3.55. The van der Waals surface area contributed by atoms with Crippen LogP contribution in [0, 0.1) is 0 Å². The molecule has 1 aromatic carbocycles. The molecule has 0 aliphatic heterocycles. The van der Waals surface area contributed by atoms with Crippen molar-refractivity contribution < 1.29 is 52.7 Å². The zero-order chi connectivity index (χ0) is 18.9. The molecule has 0 spiro atoms. The molecule has 2 atom stereocenters. The Balaban J connectivity index is 0.00000625. The number of hydrogen-bond acceptors (Lipinski definition) is 6. The van der Waals surface area contributed by atoms with Gasteiger partial charge in [-0.3, -0.25) is 0 Å². The predicted molar refractivity (Wildman–Crippen MR) is 97.7 cm³/mol. The van der Waals surface area contributed by atoms with E-state index in [0.717, 1.165) is 38.5 Å². The van der Waals surface area contributed by atoms with Gasteiger partial charge < -0.3 is 19.7 Å². The molecule has 0 bridgehead atoms. The molecular weight excluding hydrogens is 365 g/mol. The second kappa shape index (κ2) is 13.1. The summed E-state index contributed by atoms with van der Waals surface area (Å²) in [5, 5.41) is 19.8. The zero-order valence-electron chi connectivity index (χ0n) is 16.1. The van der Waals surface area contributed by atoms with Crippen LogP contribution in [0.4, 0.5) is 5.69 Å². The van der Waals surface area contributed by atoms with Gasteiger partial charge in [-0.15, -0.1) is 0 Å². The van der Waals surface area contributed by atoms with E-state index >= 15 is 0 Å². The van der Waals surface area contributed by atoms with E-state index in [1.54, 1.807) is 6.07 Å². The maximum atomic E-state index is 11.4. The van der Waals surface area contributed by atoms with Crippen LogP contribution in [-0.4, -0.2) is 48.5 Å². The third-order valence-corrected chi connectivity index (χ3v) is 5.23. The Morgan fingerprint density at radius 1 is 1.04 bits per heavy atom. The molecule has 0 fully saturated rings. The second-order valence-electron chi connectivity index (χ2n) is 6.32. The van der Waals surface area contributed by atoms with Crippen LogP contribution >= 0.6 is 0 Å². The van der Waals surface area contributed by atoms with Gasteiger partial charge in [0.25, 0.3) is 0 Å². The van der Waals surface area contributed by atoms with Crippen molar-refractivity contribution >= 4 is 15.8 Å². The fraction of sp³-hybridized carbons (Fsp3) is 0.667. The van der Waals surface area contributed by atoms with Gasteiger partial charge in [-0.2, -0.15) is 0 Å². The van der Waals surface area contributed by atoms with E-state index < -0.39 is 10.1 Å². The third kappa shape index (κ3) is 7.84. The van der Waals surface area contributed by atoms with Gasteiger partial charge >= 0.3 is 29.6 Å². The molecule has 1 rings (SSSR count). The van der Waals surface area contributed by atoms with Crippen molar-refractivity contribution in [1.29, 1.82) is 0 Å². The largest absolute Gasteiger partial charge is 1.00 e. The third-order valence-electron chi connectivity index (χ3n) is 4.39. The summed E-state index contributed by atoms with van der Waals surface area (Å²) < 4.78 is 34.1. The van der Waals surface area contributed by atoms with Crippen molar-refractivity contribution in [1.82, 2.24) is 0 Å². The maximum Gasteiger partial charge on any atom is 1.00 e. The molecule has 0 aliphatic carbocycles. The minimum Gasteiger partial charge on any atom is -0.744 e. The second-order valence-corrected chi connectivity index (χ2v) is 7.70. The Kier molecular flexibility index (Phi) is 13.0. The molecular formula is C18H30NNaO5S. The number of aliphatic hydroxyl groups is 2. The van der Waals surface area contributed by atoms with Crippen LogP contribution in [0.15, 0.2) is 29.2 Å². The minimum absolute atomic E-state index is 0. The summed E-state index contributed by atoms with van der Waals surface area (Å²) in [4.78, 5) is 1.59. The Morgan fingerprint density at radius 3 is 1.92 bits per heavy atom. The van der Waals surface area contributed by atoms with E-state index in [1.165, 1.54) is 18.2 Å². The molecule has 144 valence electrons. The maximum absolute atomic E-state index is 11.4. The number of nitrogens with zero attached hydrogens (tertiary/aromatic N) is 1. The average molecular weight is 395 g/mol. The fourth-order valence-electron chi connectivity index (χ4n) is 3.04. The van der Waals surface area contributed by atoms with Crippen molar-refractivity contribution in [2.75, 3.05) is 18.1 Å². The van der Waals surface area contributed by atoms with E-state index in [9.17, 15) is 23.2 Å². The monoisotopic (exact) mass is 395 g/mol. The van der Waals surface area contributed by atoms with Crippen molar-refractivity contribution in [3.05, 3.63) is 24.3 Å².